The molecule has 1 aromatic rings. The first-order valence-electron chi connectivity index (χ1n) is 8.50. The molecule has 0 atom stereocenters. The van der Waals surface area contributed by atoms with Crippen molar-refractivity contribution in [2.24, 2.45) is 0 Å². The summed E-state index contributed by atoms with van der Waals surface area (Å²) in [5, 5.41) is 31.9. The van der Waals surface area contributed by atoms with E-state index in [-0.39, 0.29) is 5.69 Å². The van der Waals surface area contributed by atoms with E-state index in [1.807, 2.05) is 13.8 Å². The van der Waals surface area contributed by atoms with Crippen LogP contribution in [-0.4, -0.2) is 51.4 Å². The van der Waals surface area contributed by atoms with Gasteiger partial charge in [0.25, 0.3) is 5.69 Å². The SMILES string of the molecule is CCN(CC)Cc1ccc([N+](=O)[O-])cc1B(O)OC(C)(C)C(C)(C)O. The molecule has 8 heteroatoms. The van der Waals surface area contributed by atoms with Gasteiger partial charge in [-0.05, 0) is 51.8 Å². The number of aliphatic hydroxyl groups is 1. The zero-order chi connectivity index (χ0) is 19.4. The topological polar surface area (TPSA) is 96.1 Å². The summed E-state index contributed by atoms with van der Waals surface area (Å²) in [4.78, 5) is 12.7. The van der Waals surface area contributed by atoms with E-state index < -0.39 is 23.2 Å². The molecule has 1 aromatic carbocycles. The number of hydrogen-bond donors (Lipinski definition) is 2. The molecule has 0 aliphatic heterocycles. The van der Waals surface area contributed by atoms with Crippen LogP contribution in [0.1, 0.15) is 47.1 Å². The first-order valence-corrected chi connectivity index (χ1v) is 8.50. The third-order valence-corrected chi connectivity index (χ3v) is 4.77. The fourth-order valence-electron chi connectivity index (χ4n) is 2.24. The van der Waals surface area contributed by atoms with E-state index in [0.717, 1.165) is 18.7 Å². The van der Waals surface area contributed by atoms with E-state index in [2.05, 4.69) is 4.90 Å². The van der Waals surface area contributed by atoms with Gasteiger partial charge in [0.15, 0.2) is 0 Å². The summed E-state index contributed by atoms with van der Waals surface area (Å²) in [6.07, 6.45) is 0. The maximum absolute atomic E-state index is 11.1. The van der Waals surface area contributed by atoms with Crippen LogP contribution in [0.15, 0.2) is 18.2 Å². The monoisotopic (exact) mass is 352 g/mol. The smallest absolute Gasteiger partial charge is 0.423 e. The number of rotatable bonds is 9. The largest absolute Gasteiger partial charge is 0.492 e. The molecule has 0 saturated heterocycles. The minimum absolute atomic E-state index is 0.109. The predicted octanol–water partition coefficient (Wildman–Crippen LogP) is 1.69. The molecular formula is C17H29BN2O5. The molecule has 140 valence electrons. The number of nitro groups is 1. The Morgan fingerprint density at radius 1 is 1.24 bits per heavy atom. The van der Waals surface area contributed by atoms with Crippen molar-refractivity contribution in [3.05, 3.63) is 33.9 Å². The highest BCUT2D eigenvalue weighted by Gasteiger charge is 2.40. The molecule has 1 rings (SSSR count). The second-order valence-electron chi connectivity index (χ2n) is 7.14. The molecule has 7 nitrogen and oxygen atoms in total. The molecule has 0 unspecified atom stereocenters. The van der Waals surface area contributed by atoms with Crippen molar-refractivity contribution in [1.82, 2.24) is 4.90 Å². The third kappa shape index (κ3) is 5.50. The van der Waals surface area contributed by atoms with Crippen molar-refractivity contribution in [2.45, 2.75) is 59.3 Å². The number of nitro benzene ring substituents is 1. The van der Waals surface area contributed by atoms with E-state index in [4.69, 9.17) is 4.65 Å². The fraction of sp³-hybridized carbons (Fsp3) is 0.647. The highest BCUT2D eigenvalue weighted by Crippen LogP contribution is 2.26. The van der Waals surface area contributed by atoms with E-state index >= 15 is 0 Å². The quantitative estimate of drug-likeness (QED) is 0.399. The van der Waals surface area contributed by atoms with Crippen LogP contribution in [0.2, 0.25) is 0 Å². The molecule has 0 spiro atoms. The first kappa shape index (κ1) is 21.6. The summed E-state index contributed by atoms with van der Waals surface area (Å²) >= 11 is 0. The molecule has 0 aliphatic carbocycles. The summed E-state index contributed by atoms with van der Waals surface area (Å²) in [6.45, 7) is 12.7. The van der Waals surface area contributed by atoms with E-state index in [1.54, 1.807) is 33.8 Å². The van der Waals surface area contributed by atoms with Gasteiger partial charge < -0.3 is 14.8 Å². The summed E-state index contributed by atoms with van der Waals surface area (Å²) in [5.41, 5.74) is -1.26. The summed E-state index contributed by atoms with van der Waals surface area (Å²) in [6, 6.07) is 4.41. The van der Waals surface area contributed by atoms with Crippen LogP contribution in [0.4, 0.5) is 5.69 Å². The third-order valence-electron chi connectivity index (χ3n) is 4.77. The standard InChI is InChI=1S/C17H29BN2O5/c1-7-19(8-2)12-13-9-10-14(20(23)24)11-15(13)18(22)25-17(5,6)16(3,4)21/h9-11,21-22H,7-8,12H2,1-6H3. The Labute approximate surface area is 149 Å². The Balaban J connectivity index is 3.24. The van der Waals surface area contributed by atoms with E-state index in [9.17, 15) is 20.2 Å². The van der Waals surface area contributed by atoms with Crippen molar-refractivity contribution in [1.29, 1.82) is 0 Å². The molecule has 0 bridgehead atoms. The Hall–Kier alpha value is -1.48. The lowest BCUT2D eigenvalue weighted by Crippen LogP contribution is -2.53. The Bertz CT molecular complexity index is 597. The number of benzene rings is 1. The highest BCUT2D eigenvalue weighted by atomic mass is 16.6. The average molecular weight is 352 g/mol. The maximum Gasteiger partial charge on any atom is 0.492 e. The minimum atomic E-state index is -1.38. The van der Waals surface area contributed by atoms with Gasteiger partial charge in [-0.25, -0.2) is 0 Å². The van der Waals surface area contributed by atoms with Crippen molar-refractivity contribution in [3.63, 3.8) is 0 Å². The zero-order valence-corrected chi connectivity index (χ0v) is 15.9. The lowest BCUT2D eigenvalue weighted by Gasteiger charge is -2.38. The second kappa shape index (κ2) is 8.27. The minimum Gasteiger partial charge on any atom is -0.423 e. The number of hydrogen-bond acceptors (Lipinski definition) is 6. The molecular weight excluding hydrogens is 323 g/mol. The summed E-state index contributed by atoms with van der Waals surface area (Å²) < 4.78 is 5.68. The van der Waals surface area contributed by atoms with Gasteiger partial charge in [-0.1, -0.05) is 19.9 Å². The Kier molecular flexibility index (Phi) is 7.13. The lowest BCUT2D eigenvalue weighted by molar-refractivity contribution is -0.384. The van der Waals surface area contributed by atoms with Gasteiger partial charge in [-0.3, -0.25) is 15.0 Å². The molecule has 0 fully saturated rings. The molecule has 0 aromatic heterocycles. The predicted molar refractivity (Wildman–Crippen MR) is 98.8 cm³/mol. The number of non-ortho nitro benzene ring substituents is 1. The Morgan fingerprint density at radius 3 is 2.24 bits per heavy atom. The van der Waals surface area contributed by atoms with Crippen molar-refractivity contribution in [2.75, 3.05) is 13.1 Å². The molecule has 0 saturated carbocycles. The van der Waals surface area contributed by atoms with Crippen LogP contribution in [0, 0.1) is 10.1 Å². The molecule has 0 amide bonds. The zero-order valence-electron chi connectivity index (χ0n) is 15.9. The van der Waals surface area contributed by atoms with Gasteiger partial charge in [0, 0.05) is 18.7 Å². The fourth-order valence-corrected chi connectivity index (χ4v) is 2.24. The van der Waals surface area contributed by atoms with Crippen LogP contribution in [0.5, 0.6) is 0 Å². The van der Waals surface area contributed by atoms with Crippen molar-refractivity contribution >= 4 is 18.3 Å². The van der Waals surface area contributed by atoms with Crippen LogP contribution in [0.3, 0.4) is 0 Å². The van der Waals surface area contributed by atoms with Crippen LogP contribution < -0.4 is 5.46 Å². The van der Waals surface area contributed by atoms with E-state index in [1.165, 1.54) is 12.1 Å². The van der Waals surface area contributed by atoms with Gasteiger partial charge in [0.2, 0.25) is 0 Å². The summed E-state index contributed by atoms with van der Waals surface area (Å²) in [5.74, 6) is 0. The molecule has 2 N–H and O–H groups in total. The molecule has 0 heterocycles. The first-order chi connectivity index (χ1) is 11.4. The van der Waals surface area contributed by atoms with Gasteiger partial charge in [0.05, 0.1) is 16.1 Å². The van der Waals surface area contributed by atoms with Crippen LogP contribution in [-0.2, 0) is 11.2 Å². The van der Waals surface area contributed by atoms with Gasteiger partial charge in [-0.15, -0.1) is 0 Å². The average Bonchev–Trinajstić information content (AvgIpc) is 2.50. The van der Waals surface area contributed by atoms with Gasteiger partial charge in [-0.2, -0.15) is 0 Å². The molecule has 0 radical (unpaired) electrons. The summed E-state index contributed by atoms with van der Waals surface area (Å²) in [7, 11) is -1.38. The Morgan fingerprint density at radius 2 is 1.80 bits per heavy atom. The van der Waals surface area contributed by atoms with E-state index in [0.29, 0.717) is 12.0 Å². The van der Waals surface area contributed by atoms with Crippen molar-refractivity contribution < 1.29 is 19.7 Å². The highest BCUT2D eigenvalue weighted by molar-refractivity contribution is 6.60. The second-order valence-corrected chi connectivity index (χ2v) is 7.14. The number of nitrogens with zero attached hydrogens (tertiary/aromatic N) is 2. The molecule has 25 heavy (non-hydrogen) atoms. The lowest BCUT2D eigenvalue weighted by atomic mass is 9.73. The van der Waals surface area contributed by atoms with Crippen LogP contribution in [0.25, 0.3) is 0 Å². The van der Waals surface area contributed by atoms with Gasteiger partial charge in [0.1, 0.15) is 0 Å². The van der Waals surface area contributed by atoms with Crippen molar-refractivity contribution in [3.8, 4) is 0 Å². The van der Waals surface area contributed by atoms with Crippen LogP contribution >= 0.6 is 0 Å². The maximum atomic E-state index is 11.1. The molecule has 0 aliphatic rings. The normalized spacial score (nSPS) is 12.5. The van der Waals surface area contributed by atoms with Gasteiger partial charge >= 0.3 is 7.12 Å².